The summed E-state index contributed by atoms with van der Waals surface area (Å²) in [6.07, 6.45) is -4.26. The van der Waals surface area contributed by atoms with Gasteiger partial charge in [-0.3, -0.25) is 0 Å². The molecule has 0 unspecified atom stereocenters. The quantitative estimate of drug-likeness (QED) is 0.803. The molecule has 1 N–H and O–H groups in total. The number of benzene rings is 1. The Morgan fingerprint density at radius 1 is 1.41 bits per heavy atom. The summed E-state index contributed by atoms with van der Waals surface area (Å²) < 4.78 is 41.9. The van der Waals surface area contributed by atoms with Gasteiger partial charge in [0.05, 0.1) is 24.1 Å². The number of likely N-dealkylation sites (N-methyl/N-ethyl adjacent to an activating group) is 1. The van der Waals surface area contributed by atoms with Gasteiger partial charge in [-0.25, -0.2) is 4.79 Å². The molecule has 4 nitrogen and oxygen atoms in total. The van der Waals surface area contributed by atoms with E-state index >= 15 is 0 Å². The number of hydrogen-bond acceptors (Lipinski definition) is 3. The molecule has 0 radical (unpaired) electrons. The van der Waals surface area contributed by atoms with Crippen molar-refractivity contribution < 1.29 is 22.7 Å². The number of rotatable bonds is 6. The number of amides is 2. The van der Waals surface area contributed by atoms with Gasteiger partial charge >= 0.3 is 12.2 Å². The molecule has 0 aliphatic carbocycles. The van der Waals surface area contributed by atoms with Gasteiger partial charge in [-0.2, -0.15) is 13.2 Å². The number of anilines is 1. The first-order chi connectivity index (χ1) is 10.2. The van der Waals surface area contributed by atoms with E-state index in [0.29, 0.717) is 29.0 Å². The maximum absolute atomic E-state index is 12.3. The summed E-state index contributed by atoms with van der Waals surface area (Å²) in [7, 11) is 3.13. The summed E-state index contributed by atoms with van der Waals surface area (Å²) in [5, 5.41) is 2.63. The van der Waals surface area contributed by atoms with Gasteiger partial charge in [0.25, 0.3) is 0 Å². The molecular weight excluding hydrogens is 317 g/mol. The van der Waals surface area contributed by atoms with Crippen LogP contribution in [0.25, 0.3) is 0 Å². The highest BCUT2D eigenvalue weighted by molar-refractivity contribution is 7.99. The normalized spacial score (nSPS) is 12.8. The Hall–Kier alpha value is -1.41. The molecule has 22 heavy (non-hydrogen) atoms. The average molecular weight is 336 g/mol. The first-order valence-corrected chi connectivity index (χ1v) is 7.54. The minimum Gasteiger partial charge on any atom is -0.383 e. The fourth-order valence-electron chi connectivity index (χ4n) is 1.61. The lowest BCUT2D eigenvalue weighted by Gasteiger charge is -2.25. The van der Waals surface area contributed by atoms with Crippen LogP contribution in [-0.4, -0.2) is 49.7 Å². The predicted molar refractivity (Wildman–Crippen MR) is 81.3 cm³/mol. The molecule has 0 saturated carbocycles. The van der Waals surface area contributed by atoms with Crippen molar-refractivity contribution in [3.8, 4) is 0 Å². The van der Waals surface area contributed by atoms with Gasteiger partial charge in [-0.05, 0) is 19.1 Å². The summed E-state index contributed by atoms with van der Waals surface area (Å²) in [6, 6.07) is 5.86. The Kier molecular flexibility index (Phi) is 7.02. The molecule has 124 valence electrons. The zero-order valence-corrected chi connectivity index (χ0v) is 13.4. The number of hydrogen-bond donors (Lipinski definition) is 1. The summed E-state index contributed by atoms with van der Waals surface area (Å²) in [5.41, 5.74) is 0.359. The van der Waals surface area contributed by atoms with Gasteiger partial charge in [0.2, 0.25) is 0 Å². The van der Waals surface area contributed by atoms with Gasteiger partial charge in [0, 0.05) is 19.1 Å². The third-order valence-corrected chi connectivity index (χ3v) is 4.05. The van der Waals surface area contributed by atoms with Crippen LogP contribution < -0.4 is 5.32 Å². The van der Waals surface area contributed by atoms with E-state index in [0.717, 1.165) is 0 Å². The molecule has 1 rings (SSSR count). The van der Waals surface area contributed by atoms with Crippen LogP contribution in [0.5, 0.6) is 0 Å². The van der Waals surface area contributed by atoms with Crippen LogP contribution in [-0.2, 0) is 4.74 Å². The van der Waals surface area contributed by atoms with Crippen molar-refractivity contribution in [3.05, 3.63) is 24.3 Å². The second kappa shape index (κ2) is 8.28. The number of carbonyl (C=O) groups excluding carboxylic acids is 1. The van der Waals surface area contributed by atoms with Crippen LogP contribution in [0.15, 0.2) is 29.2 Å². The number of carbonyl (C=O) groups is 1. The highest BCUT2D eigenvalue weighted by atomic mass is 32.2. The van der Waals surface area contributed by atoms with E-state index in [2.05, 4.69) is 5.32 Å². The summed E-state index contributed by atoms with van der Waals surface area (Å²) in [6.45, 7) is 2.18. The van der Waals surface area contributed by atoms with E-state index in [4.69, 9.17) is 4.74 Å². The Bertz CT molecular complexity index is 497. The largest absolute Gasteiger partial charge is 0.398 e. The van der Waals surface area contributed by atoms with Crippen LogP contribution in [0.1, 0.15) is 6.92 Å². The molecule has 0 aliphatic heterocycles. The number of alkyl halides is 3. The number of thioether (sulfide) groups is 1. The SMILES string of the molecule is COC[C@H](C)N(C)C(=O)Nc1ccccc1SCC(F)(F)F. The van der Waals surface area contributed by atoms with E-state index in [1.807, 2.05) is 6.92 Å². The van der Waals surface area contributed by atoms with Gasteiger partial charge < -0.3 is 15.0 Å². The summed E-state index contributed by atoms with van der Waals surface area (Å²) in [5.74, 6) is -1.00. The predicted octanol–water partition coefficient (Wildman–Crippen LogP) is 3.84. The molecule has 1 aromatic carbocycles. The number of nitrogens with zero attached hydrogens (tertiary/aromatic N) is 1. The smallest absolute Gasteiger partial charge is 0.383 e. The van der Waals surface area contributed by atoms with E-state index in [9.17, 15) is 18.0 Å². The van der Waals surface area contributed by atoms with E-state index in [1.54, 1.807) is 31.3 Å². The van der Waals surface area contributed by atoms with E-state index in [-0.39, 0.29) is 6.04 Å². The van der Waals surface area contributed by atoms with Crippen LogP contribution in [0.2, 0.25) is 0 Å². The molecule has 1 aromatic rings. The molecule has 8 heteroatoms. The monoisotopic (exact) mass is 336 g/mol. The maximum Gasteiger partial charge on any atom is 0.398 e. The van der Waals surface area contributed by atoms with Crippen molar-refractivity contribution in [2.75, 3.05) is 31.8 Å². The van der Waals surface area contributed by atoms with Gasteiger partial charge in [0.15, 0.2) is 0 Å². The molecule has 2 amide bonds. The number of nitrogens with one attached hydrogen (secondary N) is 1. The fourth-order valence-corrected chi connectivity index (χ4v) is 2.38. The van der Waals surface area contributed by atoms with Crippen molar-refractivity contribution in [1.29, 1.82) is 0 Å². The van der Waals surface area contributed by atoms with Crippen LogP contribution >= 0.6 is 11.8 Å². The average Bonchev–Trinajstić information content (AvgIpc) is 2.44. The molecule has 0 aliphatic rings. The lowest BCUT2D eigenvalue weighted by molar-refractivity contribution is -0.105. The number of para-hydroxylation sites is 1. The van der Waals surface area contributed by atoms with Crippen molar-refractivity contribution in [2.24, 2.45) is 0 Å². The molecule has 1 atom stereocenters. The number of ether oxygens (including phenoxy) is 1. The second-order valence-electron chi connectivity index (χ2n) is 4.75. The van der Waals surface area contributed by atoms with Gasteiger partial charge in [0.1, 0.15) is 0 Å². The van der Waals surface area contributed by atoms with E-state index < -0.39 is 18.0 Å². The number of urea groups is 1. The Morgan fingerprint density at radius 3 is 2.64 bits per heavy atom. The molecular formula is C14H19F3N2O2S. The van der Waals surface area contributed by atoms with Crippen molar-refractivity contribution >= 4 is 23.5 Å². The zero-order chi connectivity index (χ0) is 16.8. The Labute approximate surface area is 132 Å². The first kappa shape index (κ1) is 18.6. The molecule has 0 saturated heterocycles. The van der Waals surface area contributed by atoms with Crippen LogP contribution in [0, 0.1) is 0 Å². The molecule has 0 bridgehead atoms. The van der Waals surface area contributed by atoms with Crippen LogP contribution in [0.3, 0.4) is 0 Å². The Balaban J connectivity index is 2.74. The third-order valence-electron chi connectivity index (χ3n) is 2.91. The van der Waals surface area contributed by atoms with Crippen LogP contribution in [0.4, 0.5) is 23.7 Å². The highest BCUT2D eigenvalue weighted by Gasteiger charge is 2.28. The molecule has 0 fully saturated rings. The summed E-state index contributed by atoms with van der Waals surface area (Å²) >= 11 is 0.643. The Morgan fingerprint density at radius 2 is 2.05 bits per heavy atom. The van der Waals surface area contributed by atoms with Gasteiger partial charge in [-0.15, -0.1) is 11.8 Å². The summed E-state index contributed by atoms with van der Waals surface area (Å²) in [4.78, 5) is 13.9. The van der Waals surface area contributed by atoms with E-state index in [1.165, 1.54) is 12.0 Å². The van der Waals surface area contributed by atoms with Gasteiger partial charge in [-0.1, -0.05) is 12.1 Å². The number of halogens is 3. The molecule has 0 aromatic heterocycles. The fraction of sp³-hybridized carbons (Fsp3) is 0.500. The second-order valence-corrected chi connectivity index (χ2v) is 5.76. The number of methoxy groups -OCH3 is 1. The standard InChI is InChI=1S/C14H19F3N2O2S/c1-10(8-21-3)19(2)13(20)18-11-6-4-5-7-12(11)22-9-14(15,16)17/h4-7,10H,8-9H2,1-3H3,(H,18,20)/t10-/m0/s1. The topological polar surface area (TPSA) is 41.6 Å². The lowest BCUT2D eigenvalue weighted by Crippen LogP contribution is -2.40. The van der Waals surface area contributed by atoms with Crippen molar-refractivity contribution in [1.82, 2.24) is 4.90 Å². The lowest BCUT2D eigenvalue weighted by atomic mass is 10.3. The minimum atomic E-state index is -4.26. The molecule has 0 spiro atoms. The maximum atomic E-state index is 12.3. The van der Waals surface area contributed by atoms with Crippen molar-refractivity contribution in [2.45, 2.75) is 24.0 Å². The third kappa shape index (κ3) is 6.15. The van der Waals surface area contributed by atoms with Crippen molar-refractivity contribution in [3.63, 3.8) is 0 Å². The molecule has 0 heterocycles. The zero-order valence-electron chi connectivity index (χ0n) is 12.6. The highest BCUT2D eigenvalue weighted by Crippen LogP contribution is 2.32. The first-order valence-electron chi connectivity index (χ1n) is 6.56. The minimum absolute atomic E-state index is 0.153.